The Morgan fingerprint density at radius 1 is 1.02 bits per heavy atom. The molecule has 0 radical (unpaired) electrons. The van der Waals surface area contributed by atoms with E-state index >= 15 is 0 Å². The molecule has 4 rings (SSSR count). The lowest BCUT2D eigenvalue weighted by molar-refractivity contribution is -0.192. The Hall–Kier alpha value is -4.18. The number of esters is 3. The summed E-state index contributed by atoms with van der Waals surface area (Å²) in [5.74, 6) is -3.93. The number of hydrogen-bond donors (Lipinski definition) is 2. The van der Waals surface area contributed by atoms with Gasteiger partial charge in [0.1, 0.15) is 18.5 Å². The fraction of sp³-hybridized carbons (Fsp3) is 0.457. The second-order valence-corrected chi connectivity index (χ2v) is 13.1. The van der Waals surface area contributed by atoms with Gasteiger partial charge in [0.25, 0.3) is 0 Å². The van der Waals surface area contributed by atoms with Crippen LogP contribution in [0.25, 0.3) is 6.08 Å². The molecule has 2 N–H and O–H groups in total. The van der Waals surface area contributed by atoms with E-state index in [1.54, 1.807) is 30.4 Å². The standard InChI is InChI=1S/C35H39ClO10/c1-21-4-11-27-34(2,26(21)10-7-23-19-25(45-33(23)43)18-22-5-8-24(36)9-6-22)17-16-28(46-32(42)15-13-30(39)40)35(27,3)20-44-31(41)14-12-29(37)38/h5-10,18-19,26-28H,1,4,11-17,20H2,2-3H3,(H,37,38)(H,39,40)/b10-7+,25-18+/t26-,27+,28-,34+,35+/m1/s1. The van der Waals surface area contributed by atoms with E-state index in [2.05, 4.69) is 13.5 Å². The zero-order valence-electron chi connectivity index (χ0n) is 26.0. The number of hydrogen-bond acceptors (Lipinski definition) is 8. The Kier molecular flexibility index (Phi) is 10.9. The first-order valence-corrected chi connectivity index (χ1v) is 15.6. The molecular weight excluding hydrogens is 616 g/mol. The summed E-state index contributed by atoms with van der Waals surface area (Å²) in [7, 11) is 0. The van der Waals surface area contributed by atoms with Gasteiger partial charge in [-0.2, -0.15) is 0 Å². The molecule has 1 aromatic carbocycles. The Balaban J connectivity index is 1.59. The molecule has 2 saturated carbocycles. The summed E-state index contributed by atoms with van der Waals surface area (Å²) >= 11 is 5.97. The number of rotatable bonds is 12. The second kappa shape index (κ2) is 14.5. The molecule has 0 bridgehead atoms. The van der Waals surface area contributed by atoms with Crippen LogP contribution in [0.2, 0.25) is 5.02 Å². The Labute approximate surface area is 272 Å². The molecule has 0 aromatic heterocycles. The van der Waals surface area contributed by atoms with Crippen LogP contribution in [-0.2, 0) is 38.2 Å². The van der Waals surface area contributed by atoms with E-state index in [0.717, 1.165) is 11.1 Å². The number of cyclic esters (lactones) is 1. The summed E-state index contributed by atoms with van der Waals surface area (Å²) in [6.45, 7) is 8.26. The number of carbonyl (C=O) groups excluding carboxylic acids is 3. The monoisotopic (exact) mass is 654 g/mol. The minimum Gasteiger partial charge on any atom is -0.481 e. The Morgan fingerprint density at radius 3 is 2.33 bits per heavy atom. The van der Waals surface area contributed by atoms with Crippen molar-refractivity contribution in [3.63, 3.8) is 0 Å². The van der Waals surface area contributed by atoms with Gasteiger partial charge in [-0.05, 0) is 66.9 Å². The third kappa shape index (κ3) is 8.15. The third-order valence-corrected chi connectivity index (χ3v) is 9.72. The maximum atomic E-state index is 12.7. The van der Waals surface area contributed by atoms with Crippen LogP contribution in [0.1, 0.15) is 70.8 Å². The van der Waals surface area contributed by atoms with Gasteiger partial charge in [-0.3, -0.25) is 19.2 Å². The van der Waals surface area contributed by atoms with Gasteiger partial charge in [-0.15, -0.1) is 0 Å². The highest BCUT2D eigenvalue weighted by molar-refractivity contribution is 6.30. The summed E-state index contributed by atoms with van der Waals surface area (Å²) in [4.78, 5) is 59.9. The summed E-state index contributed by atoms with van der Waals surface area (Å²) in [6.07, 6.45) is 7.50. The Morgan fingerprint density at radius 2 is 1.67 bits per heavy atom. The van der Waals surface area contributed by atoms with Crippen molar-refractivity contribution < 1.29 is 48.4 Å². The van der Waals surface area contributed by atoms with Crippen molar-refractivity contribution in [2.45, 2.75) is 71.3 Å². The highest BCUT2D eigenvalue weighted by Gasteiger charge is 2.59. The maximum absolute atomic E-state index is 12.7. The van der Waals surface area contributed by atoms with E-state index in [4.69, 9.17) is 36.0 Å². The fourth-order valence-corrected chi connectivity index (χ4v) is 7.24. The average Bonchev–Trinajstić information content (AvgIpc) is 3.34. The van der Waals surface area contributed by atoms with Crippen LogP contribution < -0.4 is 0 Å². The molecule has 46 heavy (non-hydrogen) atoms. The minimum atomic E-state index is -1.12. The van der Waals surface area contributed by atoms with Gasteiger partial charge in [-0.1, -0.05) is 61.9 Å². The molecule has 2 aliphatic carbocycles. The number of benzene rings is 1. The van der Waals surface area contributed by atoms with E-state index < -0.39 is 46.8 Å². The van der Waals surface area contributed by atoms with Crippen molar-refractivity contribution in [1.29, 1.82) is 0 Å². The lowest BCUT2D eigenvalue weighted by Crippen LogP contribution is -2.58. The molecule has 0 unspecified atom stereocenters. The molecule has 11 heteroatoms. The van der Waals surface area contributed by atoms with Gasteiger partial charge in [0.2, 0.25) is 0 Å². The summed E-state index contributed by atoms with van der Waals surface area (Å²) < 4.78 is 16.9. The van der Waals surface area contributed by atoms with Crippen LogP contribution in [0, 0.1) is 22.7 Å². The van der Waals surface area contributed by atoms with Crippen molar-refractivity contribution in [2.24, 2.45) is 22.7 Å². The molecule has 1 heterocycles. The van der Waals surface area contributed by atoms with Crippen LogP contribution in [0.4, 0.5) is 0 Å². The lowest BCUT2D eigenvalue weighted by atomic mass is 9.46. The lowest BCUT2D eigenvalue weighted by Gasteiger charge is -2.59. The molecule has 3 aliphatic rings. The van der Waals surface area contributed by atoms with E-state index in [0.29, 0.717) is 42.0 Å². The number of carboxylic acids is 2. The number of carbonyl (C=O) groups is 5. The predicted molar refractivity (Wildman–Crippen MR) is 168 cm³/mol. The van der Waals surface area contributed by atoms with Crippen LogP contribution in [0.5, 0.6) is 0 Å². The van der Waals surface area contributed by atoms with Crippen molar-refractivity contribution in [1.82, 2.24) is 0 Å². The van der Waals surface area contributed by atoms with Crippen molar-refractivity contribution in [3.8, 4) is 0 Å². The van der Waals surface area contributed by atoms with E-state index in [9.17, 15) is 24.0 Å². The van der Waals surface area contributed by atoms with Crippen molar-refractivity contribution in [3.05, 3.63) is 76.6 Å². The molecule has 0 spiro atoms. The SMILES string of the molecule is C=C1CC[C@@H]2[C@](C)(COC(=O)CCC(=O)O)[C@H](OC(=O)CCC(=O)O)CC[C@@]2(C)[C@@H]1/C=C/C1=CC(=C\c2ccc(Cl)cc2)/OC1=O. The van der Waals surface area contributed by atoms with Gasteiger partial charge >= 0.3 is 29.8 Å². The third-order valence-electron chi connectivity index (χ3n) is 9.47. The largest absolute Gasteiger partial charge is 0.481 e. The molecule has 10 nitrogen and oxygen atoms in total. The van der Waals surface area contributed by atoms with Gasteiger partial charge in [0.05, 0.1) is 31.3 Å². The molecule has 5 atom stereocenters. The number of fused-ring (bicyclic) bond motifs is 1. The zero-order valence-corrected chi connectivity index (χ0v) is 26.7. The molecule has 1 aromatic rings. The van der Waals surface area contributed by atoms with Gasteiger partial charge in [0.15, 0.2) is 0 Å². The van der Waals surface area contributed by atoms with Crippen LogP contribution in [0.3, 0.4) is 0 Å². The first-order chi connectivity index (χ1) is 21.7. The van der Waals surface area contributed by atoms with Crippen molar-refractivity contribution >= 4 is 47.5 Å². The van der Waals surface area contributed by atoms with Crippen LogP contribution in [0.15, 0.2) is 66.0 Å². The molecule has 1 aliphatic heterocycles. The average molecular weight is 655 g/mol. The zero-order chi connectivity index (χ0) is 33.6. The number of allylic oxidation sites excluding steroid dienone is 3. The summed E-state index contributed by atoms with van der Waals surface area (Å²) in [5, 5.41) is 18.6. The number of halogens is 1. The van der Waals surface area contributed by atoms with E-state index in [1.165, 1.54) is 0 Å². The highest BCUT2D eigenvalue weighted by atomic mass is 35.5. The number of aliphatic carboxylic acids is 2. The first-order valence-electron chi connectivity index (χ1n) is 15.3. The molecule has 0 amide bonds. The molecule has 2 fully saturated rings. The topological polar surface area (TPSA) is 154 Å². The van der Waals surface area contributed by atoms with Crippen molar-refractivity contribution in [2.75, 3.05) is 6.61 Å². The number of ether oxygens (including phenoxy) is 3. The highest BCUT2D eigenvalue weighted by Crippen LogP contribution is 2.62. The smallest absolute Gasteiger partial charge is 0.343 e. The van der Waals surface area contributed by atoms with Crippen LogP contribution in [-0.4, -0.2) is 52.8 Å². The van der Waals surface area contributed by atoms with E-state index in [-0.39, 0.29) is 44.1 Å². The van der Waals surface area contributed by atoms with E-state index in [1.807, 2.05) is 25.1 Å². The summed E-state index contributed by atoms with van der Waals surface area (Å²) in [6, 6.07) is 7.13. The first kappa shape index (κ1) is 34.7. The normalized spacial score (nSPS) is 28.4. The second-order valence-electron chi connectivity index (χ2n) is 12.7. The van der Waals surface area contributed by atoms with Crippen LogP contribution >= 0.6 is 11.6 Å². The molecule has 246 valence electrons. The quantitative estimate of drug-likeness (QED) is 0.149. The number of carboxylic acid groups (broad SMARTS) is 2. The van der Waals surface area contributed by atoms with Gasteiger partial charge < -0.3 is 24.4 Å². The summed E-state index contributed by atoms with van der Waals surface area (Å²) in [5.41, 5.74) is 0.903. The maximum Gasteiger partial charge on any atom is 0.343 e. The molecule has 0 saturated heterocycles. The Bertz CT molecular complexity index is 1490. The molecular formula is C35H39ClO10. The van der Waals surface area contributed by atoms with Gasteiger partial charge in [-0.25, -0.2) is 4.79 Å². The fourth-order valence-electron chi connectivity index (χ4n) is 7.11. The predicted octanol–water partition coefficient (Wildman–Crippen LogP) is 6.29. The van der Waals surface area contributed by atoms with Gasteiger partial charge in [0, 0.05) is 16.4 Å². The minimum absolute atomic E-state index is 0.109.